The Morgan fingerprint density at radius 1 is 0.608 bits per heavy atom. The molecule has 0 amide bonds. The number of carboxylic acid groups (broad SMARTS) is 2. The van der Waals surface area contributed by atoms with E-state index in [2.05, 4.69) is 4.57 Å². The van der Waals surface area contributed by atoms with Crippen molar-refractivity contribution < 1.29 is 37.4 Å². The Morgan fingerprint density at radius 3 is 1.67 bits per heavy atom. The number of alkyl halides is 3. The van der Waals surface area contributed by atoms with E-state index < -0.39 is 23.7 Å². The van der Waals surface area contributed by atoms with Crippen LogP contribution in [0.2, 0.25) is 0 Å². The van der Waals surface area contributed by atoms with Gasteiger partial charge >= 0.3 is 18.1 Å². The fourth-order valence-corrected chi connectivity index (χ4v) is 7.85. The number of benzene rings is 4. The second kappa shape index (κ2) is 13.7. The molecule has 0 saturated carbocycles. The maximum atomic E-state index is 13.7. The van der Waals surface area contributed by atoms with Crippen molar-refractivity contribution in [2.45, 2.75) is 70.6 Å². The number of hydrogen-bond donors (Lipinski definition) is 2. The van der Waals surface area contributed by atoms with E-state index in [0.29, 0.717) is 23.2 Å². The summed E-state index contributed by atoms with van der Waals surface area (Å²) in [5.41, 5.74) is 7.27. The number of carboxylic acids is 2. The van der Waals surface area contributed by atoms with Crippen LogP contribution in [0.15, 0.2) is 84.9 Å². The third-order valence-corrected chi connectivity index (χ3v) is 10.2. The van der Waals surface area contributed by atoms with E-state index in [1.54, 1.807) is 42.5 Å². The molecule has 51 heavy (non-hydrogen) atoms. The van der Waals surface area contributed by atoms with Gasteiger partial charge in [-0.15, -0.1) is 0 Å². The highest BCUT2D eigenvalue weighted by Crippen LogP contribution is 2.38. The van der Waals surface area contributed by atoms with E-state index in [-0.39, 0.29) is 17.9 Å². The molecule has 0 bridgehead atoms. The van der Waals surface area contributed by atoms with Gasteiger partial charge in [0.1, 0.15) is 5.82 Å². The lowest BCUT2D eigenvalue weighted by molar-refractivity contribution is -0.137. The number of aromatic carboxylic acids is 2. The Bertz CT molecular complexity index is 2300. The minimum absolute atomic E-state index is 0.177. The molecule has 2 aliphatic rings. The highest BCUT2D eigenvalue weighted by atomic mass is 19.4. The van der Waals surface area contributed by atoms with Crippen LogP contribution in [-0.4, -0.2) is 31.3 Å². The van der Waals surface area contributed by atoms with Gasteiger partial charge in [0.05, 0.1) is 16.7 Å². The number of nitrogens with zero attached hydrogens (tertiary/aromatic N) is 2. The molecule has 2 aromatic heterocycles. The predicted octanol–water partition coefficient (Wildman–Crippen LogP) is 9.69. The first kappa shape index (κ1) is 34.1. The van der Waals surface area contributed by atoms with Crippen molar-refractivity contribution in [2.75, 3.05) is 0 Å². The van der Waals surface area contributed by atoms with Gasteiger partial charge in [0, 0.05) is 46.3 Å². The lowest BCUT2D eigenvalue weighted by atomic mass is 9.95. The first-order chi connectivity index (χ1) is 24.5. The van der Waals surface area contributed by atoms with E-state index in [1.165, 1.54) is 29.5 Å². The molecule has 6 nitrogen and oxygen atoms in total. The molecule has 6 aromatic rings. The molecule has 0 aliphatic heterocycles. The van der Waals surface area contributed by atoms with Crippen LogP contribution in [0.3, 0.4) is 0 Å². The molecule has 262 valence electrons. The van der Waals surface area contributed by atoms with Gasteiger partial charge in [-0.3, -0.25) is 0 Å². The van der Waals surface area contributed by atoms with Crippen LogP contribution in [0.25, 0.3) is 21.8 Å². The maximum Gasteiger partial charge on any atom is 0.416 e. The number of hydrogen-bond acceptors (Lipinski definition) is 2. The molecule has 0 radical (unpaired) electrons. The molecular weight excluding hydrogens is 660 g/mol. The van der Waals surface area contributed by atoms with Gasteiger partial charge < -0.3 is 19.3 Å². The minimum Gasteiger partial charge on any atom is -0.478 e. The first-order valence-electron chi connectivity index (χ1n) is 17.1. The van der Waals surface area contributed by atoms with Crippen molar-refractivity contribution in [1.29, 1.82) is 0 Å². The topological polar surface area (TPSA) is 84.5 Å². The summed E-state index contributed by atoms with van der Waals surface area (Å²) in [7, 11) is 0. The van der Waals surface area contributed by atoms with Gasteiger partial charge in [0.25, 0.3) is 0 Å². The summed E-state index contributed by atoms with van der Waals surface area (Å²) in [5, 5.41) is 20.7. The molecule has 2 N–H and O–H groups in total. The number of fused-ring (bicyclic) bond motifs is 6. The highest BCUT2D eigenvalue weighted by molar-refractivity contribution is 5.91. The number of aryl methyl sites for hydroxylation is 2. The van der Waals surface area contributed by atoms with Gasteiger partial charge in [-0.2, -0.15) is 13.2 Å². The minimum atomic E-state index is -4.41. The zero-order chi connectivity index (χ0) is 35.9. The number of halogens is 4. The van der Waals surface area contributed by atoms with Crippen LogP contribution in [0.4, 0.5) is 17.6 Å². The molecule has 2 aliphatic carbocycles. The van der Waals surface area contributed by atoms with Crippen LogP contribution in [0.1, 0.15) is 85.6 Å². The summed E-state index contributed by atoms with van der Waals surface area (Å²) in [6.07, 6.45) is 3.37. The highest BCUT2D eigenvalue weighted by Gasteiger charge is 2.32. The fourth-order valence-electron chi connectivity index (χ4n) is 7.85. The second-order valence-corrected chi connectivity index (χ2v) is 13.3. The monoisotopic (exact) mass is 696 g/mol. The summed E-state index contributed by atoms with van der Waals surface area (Å²) < 4.78 is 57.5. The lowest BCUT2D eigenvalue weighted by Crippen LogP contribution is -2.12. The largest absolute Gasteiger partial charge is 0.478 e. The van der Waals surface area contributed by atoms with Crippen LogP contribution in [0.5, 0.6) is 0 Å². The van der Waals surface area contributed by atoms with E-state index in [4.69, 9.17) is 0 Å². The Labute approximate surface area is 291 Å². The molecule has 8 rings (SSSR count). The van der Waals surface area contributed by atoms with Gasteiger partial charge in [-0.25, -0.2) is 14.0 Å². The third kappa shape index (κ3) is 6.62. The van der Waals surface area contributed by atoms with Crippen LogP contribution in [-0.2, 0) is 44.9 Å². The molecule has 0 fully saturated rings. The molecular formula is C41H36F4N2O4. The first-order valence-corrected chi connectivity index (χ1v) is 17.1. The van der Waals surface area contributed by atoms with Crippen LogP contribution < -0.4 is 0 Å². The summed E-state index contributed by atoms with van der Waals surface area (Å²) in [6.45, 7) is 0.746. The number of rotatable bonds is 6. The fraction of sp³-hybridized carbons (Fsp3) is 0.268. The summed E-state index contributed by atoms with van der Waals surface area (Å²) in [4.78, 5) is 23.0. The van der Waals surface area contributed by atoms with E-state index in [0.717, 1.165) is 90.5 Å². The maximum absolute atomic E-state index is 13.7. The van der Waals surface area contributed by atoms with Crippen LogP contribution >= 0.6 is 0 Å². The normalized spacial score (nSPS) is 14.1. The predicted molar refractivity (Wildman–Crippen MR) is 187 cm³/mol. The molecule has 10 heteroatoms. The zero-order valence-electron chi connectivity index (χ0n) is 27.8. The Kier molecular flexibility index (Phi) is 9.18. The second-order valence-electron chi connectivity index (χ2n) is 13.3. The number of carbonyl (C=O) groups is 2. The third-order valence-electron chi connectivity index (χ3n) is 10.2. The van der Waals surface area contributed by atoms with E-state index >= 15 is 0 Å². The summed E-state index contributed by atoms with van der Waals surface area (Å²) >= 11 is 0. The molecule has 0 spiro atoms. The Hall–Kier alpha value is -5.38. The zero-order valence-corrected chi connectivity index (χ0v) is 27.8. The SMILES string of the molecule is O=C(O)c1ccccc1Cn1c2c(c3cc(F)ccc31)CCCC2.O=C(O)c1ccccc1Cn1c2c(c3ccc(C(F)(F)F)cc31)CCCC2. The van der Waals surface area contributed by atoms with Crippen molar-refractivity contribution in [3.8, 4) is 0 Å². The van der Waals surface area contributed by atoms with Gasteiger partial charge in [-0.05, 0) is 116 Å². The standard InChI is InChI=1S/C21H18F3NO2.C20H18FNO2/c22-21(23,24)14-9-10-17-16-7-3-4-8-18(16)25(19(17)11-14)12-13-5-1-2-6-15(13)20(26)27;21-14-9-10-19-17(11-14)16-7-3-4-8-18(16)22(19)12-13-5-1-2-6-15(13)20(23)24/h1-2,5-6,9-11H,3-4,7-8,12H2,(H,26,27);1-2,5-6,9-11H,3-4,7-8,12H2,(H,23,24). The van der Waals surface area contributed by atoms with Gasteiger partial charge in [0.2, 0.25) is 0 Å². The molecule has 0 atom stereocenters. The van der Waals surface area contributed by atoms with Gasteiger partial charge in [-0.1, -0.05) is 42.5 Å². The van der Waals surface area contributed by atoms with Crippen molar-refractivity contribution in [3.05, 3.63) is 141 Å². The van der Waals surface area contributed by atoms with Crippen molar-refractivity contribution >= 4 is 33.7 Å². The summed E-state index contributed by atoms with van der Waals surface area (Å²) in [6, 6.07) is 22.5. The summed E-state index contributed by atoms with van der Waals surface area (Å²) in [5.74, 6) is -2.17. The van der Waals surface area contributed by atoms with Crippen LogP contribution in [0, 0.1) is 5.82 Å². The average Bonchev–Trinajstić information content (AvgIpc) is 3.60. The average molecular weight is 697 g/mol. The number of aromatic nitrogens is 2. The van der Waals surface area contributed by atoms with Crippen molar-refractivity contribution in [2.24, 2.45) is 0 Å². The lowest BCUT2D eigenvalue weighted by Gasteiger charge is -2.17. The van der Waals surface area contributed by atoms with Crippen molar-refractivity contribution in [3.63, 3.8) is 0 Å². The van der Waals surface area contributed by atoms with Crippen molar-refractivity contribution in [1.82, 2.24) is 9.13 Å². The van der Waals surface area contributed by atoms with E-state index in [9.17, 15) is 37.4 Å². The quantitative estimate of drug-likeness (QED) is 0.170. The molecule has 2 heterocycles. The molecule has 0 saturated heterocycles. The molecule has 0 unspecified atom stereocenters. The van der Waals surface area contributed by atoms with E-state index in [1.807, 2.05) is 22.8 Å². The van der Waals surface area contributed by atoms with Gasteiger partial charge in [0.15, 0.2) is 0 Å². The molecule has 4 aromatic carbocycles. The smallest absolute Gasteiger partial charge is 0.416 e. The Balaban J connectivity index is 0.000000160. The Morgan fingerprint density at radius 2 is 1.12 bits per heavy atom.